The van der Waals surface area contributed by atoms with Crippen molar-refractivity contribution < 1.29 is 4.92 Å². The van der Waals surface area contributed by atoms with Crippen molar-refractivity contribution in [3.8, 4) is 0 Å². The van der Waals surface area contributed by atoms with E-state index in [9.17, 15) is 10.1 Å². The molecule has 0 saturated carbocycles. The molecule has 0 aliphatic rings. The van der Waals surface area contributed by atoms with E-state index in [1.54, 1.807) is 0 Å². The summed E-state index contributed by atoms with van der Waals surface area (Å²) in [7, 11) is 0. The molecule has 0 aliphatic heterocycles. The molecule has 0 saturated heterocycles. The molecular weight excluding hydrogens is 321 g/mol. The van der Waals surface area contributed by atoms with E-state index in [0.717, 1.165) is 0 Å². The summed E-state index contributed by atoms with van der Waals surface area (Å²) in [5, 5.41) is 10.9. The number of aliphatic imine (C=N–C) groups is 1. The first-order chi connectivity index (χ1) is 7.45. The maximum atomic E-state index is 10.7. The van der Waals surface area contributed by atoms with Gasteiger partial charge in [-0.2, -0.15) is 0 Å². The Morgan fingerprint density at radius 2 is 2.25 bits per heavy atom. The second-order valence-electron chi connectivity index (χ2n) is 2.75. The van der Waals surface area contributed by atoms with Crippen LogP contribution in [0.25, 0.3) is 0 Å². The third-order valence-electron chi connectivity index (χ3n) is 1.61. The second kappa shape index (κ2) is 5.47. The van der Waals surface area contributed by atoms with Crippen LogP contribution in [0.1, 0.15) is 0 Å². The van der Waals surface area contributed by atoms with Gasteiger partial charge in [-0.3, -0.25) is 10.1 Å². The summed E-state index contributed by atoms with van der Waals surface area (Å²) in [6.07, 6.45) is 0. The van der Waals surface area contributed by atoms with Gasteiger partial charge in [-0.1, -0.05) is 11.6 Å². The van der Waals surface area contributed by atoms with E-state index in [4.69, 9.17) is 28.9 Å². The first-order valence-corrected chi connectivity index (χ1v) is 5.68. The van der Waals surface area contributed by atoms with E-state index in [1.165, 1.54) is 12.1 Å². The summed E-state index contributed by atoms with van der Waals surface area (Å²) in [6, 6.07) is 2.62. The molecule has 0 unspecified atom stereocenters. The summed E-state index contributed by atoms with van der Waals surface area (Å²) < 4.78 is 0.283. The molecule has 2 N–H and O–H groups in total. The van der Waals surface area contributed by atoms with Gasteiger partial charge in [-0.15, -0.1) is 11.6 Å². The number of nitrogens with two attached hydrogens (primary N) is 1. The van der Waals surface area contributed by atoms with Crippen LogP contribution in [-0.4, -0.2) is 16.6 Å². The number of nitro benzene ring substituents is 1. The number of nitrogens with zero attached hydrogens (tertiary/aromatic N) is 2. The topological polar surface area (TPSA) is 81.5 Å². The molecule has 0 aliphatic carbocycles. The first kappa shape index (κ1) is 13.2. The number of amidine groups is 1. The summed E-state index contributed by atoms with van der Waals surface area (Å²) in [5.41, 5.74) is 5.50. The van der Waals surface area contributed by atoms with E-state index in [1.807, 2.05) is 0 Å². The minimum absolute atomic E-state index is 0.0280. The van der Waals surface area contributed by atoms with Crippen LogP contribution in [-0.2, 0) is 0 Å². The Morgan fingerprint density at radius 3 is 2.75 bits per heavy atom. The van der Waals surface area contributed by atoms with Gasteiger partial charge in [-0.05, 0) is 22.0 Å². The van der Waals surface area contributed by atoms with Gasteiger partial charge >= 0.3 is 0 Å². The van der Waals surface area contributed by atoms with Crippen molar-refractivity contribution in [3.63, 3.8) is 0 Å². The van der Waals surface area contributed by atoms with Crippen LogP contribution >= 0.6 is 39.1 Å². The Morgan fingerprint density at radius 1 is 1.62 bits per heavy atom. The van der Waals surface area contributed by atoms with E-state index in [2.05, 4.69) is 20.9 Å². The van der Waals surface area contributed by atoms with Crippen molar-refractivity contribution in [2.75, 3.05) is 5.88 Å². The molecular formula is C8H6BrCl2N3O2. The van der Waals surface area contributed by atoms with Gasteiger partial charge in [0.25, 0.3) is 5.69 Å². The van der Waals surface area contributed by atoms with Gasteiger partial charge in [-0.25, -0.2) is 4.99 Å². The molecule has 86 valence electrons. The Kier molecular flexibility index (Phi) is 4.52. The minimum Gasteiger partial charge on any atom is -0.386 e. The van der Waals surface area contributed by atoms with Gasteiger partial charge in [0.2, 0.25) is 0 Å². The van der Waals surface area contributed by atoms with Crippen molar-refractivity contribution >= 4 is 56.3 Å². The minimum atomic E-state index is -0.545. The van der Waals surface area contributed by atoms with E-state index >= 15 is 0 Å². The highest BCUT2D eigenvalue weighted by molar-refractivity contribution is 9.10. The molecule has 8 heteroatoms. The second-order valence-corrected chi connectivity index (χ2v) is 4.28. The summed E-state index contributed by atoms with van der Waals surface area (Å²) in [4.78, 5) is 14.0. The molecule has 16 heavy (non-hydrogen) atoms. The lowest BCUT2D eigenvalue weighted by molar-refractivity contribution is -0.385. The lowest BCUT2D eigenvalue weighted by Crippen LogP contribution is -2.12. The standard InChI is InChI=1S/C8H6BrCl2N3O2/c9-4-1-5(11)6(13-8(12)3-10)2-7(4)14(15)16/h1-2H,3H2,(H2,12,13). The van der Waals surface area contributed by atoms with E-state index in [0.29, 0.717) is 0 Å². The van der Waals surface area contributed by atoms with Crippen LogP contribution in [0, 0.1) is 10.1 Å². The lowest BCUT2D eigenvalue weighted by Gasteiger charge is -2.01. The predicted molar refractivity (Wildman–Crippen MR) is 67.8 cm³/mol. The maximum Gasteiger partial charge on any atom is 0.285 e. The van der Waals surface area contributed by atoms with Crippen molar-refractivity contribution in [2.24, 2.45) is 10.7 Å². The van der Waals surface area contributed by atoms with Crippen LogP contribution in [0.5, 0.6) is 0 Å². The Balaban J connectivity index is 3.30. The molecule has 5 nitrogen and oxygen atoms in total. The smallest absolute Gasteiger partial charge is 0.285 e. The zero-order valence-electron chi connectivity index (χ0n) is 7.78. The molecule has 0 fully saturated rings. The average molecular weight is 327 g/mol. The fourth-order valence-electron chi connectivity index (χ4n) is 0.937. The largest absolute Gasteiger partial charge is 0.386 e. The van der Waals surface area contributed by atoms with Crippen LogP contribution in [0.2, 0.25) is 5.02 Å². The average Bonchev–Trinajstić information content (AvgIpc) is 2.21. The van der Waals surface area contributed by atoms with Crippen LogP contribution in [0.15, 0.2) is 21.6 Å². The van der Waals surface area contributed by atoms with Gasteiger partial charge in [0.1, 0.15) is 5.84 Å². The molecule has 1 rings (SSSR count). The molecule has 0 atom stereocenters. The molecule has 0 aromatic heterocycles. The van der Waals surface area contributed by atoms with E-state index < -0.39 is 4.92 Å². The number of alkyl halides is 1. The molecule has 0 amide bonds. The number of rotatable bonds is 3. The highest BCUT2D eigenvalue weighted by atomic mass is 79.9. The van der Waals surface area contributed by atoms with Crippen LogP contribution in [0.4, 0.5) is 11.4 Å². The van der Waals surface area contributed by atoms with Gasteiger partial charge < -0.3 is 5.73 Å². The predicted octanol–water partition coefficient (Wildman–Crippen LogP) is 3.24. The summed E-state index contributed by atoms with van der Waals surface area (Å²) >= 11 is 14.3. The van der Waals surface area contributed by atoms with Gasteiger partial charge in [0.15, 0.2) is 0 Å². The lowest BCUT2D eigenvalue weighted by atomic mass is 10.3. The van der Waals surface area contributed by atoms with Crippen molar-refractivity contribution in [1.82, 2.24) is 0 Å². The number of nitro groups is 1. The zero-order valence-corrected chi connectivity index (χ0v) is 10.9. The Labute approximate surface area is 110 Å². The SMILES string of the molecule is NC(CCl)=Nc1cc([N+](=O)[O-])c(Br)cc1Cl. The summed E-state index contributed by atoms with van der Waals surface area (Å²) in [5.74, 6) is 0.167. The van der Waals surface area contributed by atoms with Crippen LogP contribution in [0.3, 0.4) is 0 Å². The number of benzene rings is 1. The van der Waals surface area contributed by atoms with Crippen LogP contribution < -0.4 is 5.73 Å². The Bertz CT molecular complexity index is 465. The molecule has 0 spiro atoms. The fourth-order valence-corrected chi connectivity index (χ4v) is 1.82. The van der Waals surface area contributed by atoms with Gasteiger partial charge in [0.05, 0.1) is 26.0 Å². The number of hydrogen-bond donors (Lipinski definition) is 1. The molecule has 1 aromatic rings. The summed E-state index contributed by atoms with van der Waals surface area (Å²) in [6.45, 7) is 0. The van der Waals surface area contributed by atoms with E-state index in [-0.39, 0.29) is 32.6 Å². The third-order valence-corrected chi connectivity index (χ3v) is 2.83. The number of hydrogen-bond acceptors (Lipinski definition) is 3. The normalized spacial score (nSPS) is 11.6. The molecule has 1 aromatic carbocycles. The van der Waals surface area contributed by atoms with Crippen molar-refractivity contribution in [1.29, 1.82) is 0 Å². The highest BCUT2D eigenvalue weighted by Crippen LogP contribution is 2.35. The molecule has 0 heterocycles. The molecule has 0 bridgehead atoms. The van der Waals surface area contributed by atoms with Crippen molar-refractivity contribution in [2.45, 2.75) is 0 Å². The zero-order chi connectivity index (χ0) is 12.3. The van der Waals surface area contributed by atoms with Gasteiger partial charge in [0, 0.05) is 6.07 Å². The Hall–Kier alpha value is -0.850. The van der Waals surface area contributed by atoms with Crippen molar-refractivity contribution in [3.05, 3.63) is 31.7 Å². The fraction of sp³-hybridized carbons (Fsp3) is 0.125. The first-order valence-electron chi connectivity index (χ1n) is 3.98. The maximum absolute atomic E-state index is 10.7. The quantitative estimate of drug-likeness (QED) is 0.304. The monoisotopic (exact) mass is 325 g/mol. The number of halogens is 3. The molecule has 0 radical (unpaired) electrons. The highest BCUT2D eigenvalue weighted by Gasteiger charge is 2.15. The third kappa shape index (κ3) is 3.07.